The molecule has 0 amide bonds. The fraction of sp³-hybridized carbons (Fsp3) is 0.105. The summed E-state index contributed by atoms with van der Waals surface area (Å²) in [6.07, 6.45) is 2.13. The smallest absolute Gasteiger partial charge is 0.124 e. The fourth-order valence-electron chi connectivity index (χ4n) is 2.95. The lowest BCUT2D eigenvalue weighted by molar-refractivity contribution is 0.798. The van der Waals surface area contributed by atoms with Crippen LogP contribution in [-0.4, -0.2) is 9.55 Å². The van der Waals surface area contributed by atoms with E-state index in [-0.39, 0.29) is 0 Å². The maximum atomic E-state index is 5.91. The molecule has 4 heteroatoms. The van der Waals surface area contributed by atoms with Gasteiger partial charge in [-0.05, 0) is 54.3 Å². The normalized spacial score (nSPS) is 11.2. The van der Waals surface area contributed by atoms with Crippen molar-refractivity contribution in [1.82, 2.24) is 9.55 Å². The predicted molar refractivity (Wildman–Crippen MR) is 98.6 cm³/mol. The van der Waals surface area contributed by atoms with Crippen LogP contribution in [0.15, 0.2) is 60.1 Å². The van der Waals surface area contributed by atoms with Gasteiger partial charge in [0, 0.05) is 29.2 Å². The first-order chi connectivity index (χ1) is 11.3. The van der Waals surface area contributed by atoms with Gasteiger partial charge in [0.2, 0.25) is 0 Å². The van der Waals surface area contributed by atoms with Crippen LogP contribution in [0.5, 0.6) is 0 Å². The van der Waals surface area contributed by atoms with E-state index in [1.165, 1.54) is 16.5 Å². The molecule has 4 aromatic rings. The van der Waals surface area contributed by atoms with Gasteiger partial charge < -0.3 is 10.3 Å². The number of aromatic nitrogens is 2. The Hall–Kier alpha value is -2.59. The minimum atomic E-state index is 0.551. The summed E-state index contributed by atoms with van der Waals surface area (Å²) < 4.78 is 2.25. The second kappa shape index (κ2) is 5.56. The third kappa shape index (κ3) is 2.41. The van der Waals surface area contributed by atoms with Crippen molar-refractivity contribution >= 4 is 28.1 Å². The summed E-state index contributed by atoms with van der Waals surface area (Å²) in [5, 5.41) is 3.31. The highest BCUT2D eigenvalue weighted by atomic mass is 32.1. The minimum absolute atomic E-state index is 0.551. The first-order valence-corrected chi connectivity index (χ1v) is 8.54. The summed E-state index contributed by atoms with van der Waals surface area (Å²) in [7, 11) is 0. The molecule has 0 aliphatic heterocycles. The molecule has 4 rings (SSSR count). The van der Waals surface area contributed by atoms with Crippen LogP contribution in [-0.2, 0) is 6.54 Å². The van der Waals surface area contributed by atoms with Crippen molar-refractivity contribution in [2.45, 2.75) is 13.5 Å². The highest BCUT2D eigenvalue weighted by Gasteiger charge is 2.12. The molecule has 0 unspecified atom stereocenters. The van der Waals surface area contributed by atoms with Crippen molar-refractivity contribution in [3.05, 3.63) is 60.1 Å². The second-order valence-corrected chi connectivity index (χ2v) is 6.43. The number of aryl methyl sites for hydroxylation is 1. The molecule has 0 saturated carbocycles. The zero-order valence-electron chi connectivity index (χ0n) is 12.9. The Morgan fingerprint density at radius 2 is 2.04 bits per heavy atom. The van der Waals surface area contributed by atoms with E-state index in [1.807, 2.05) is 12.1 Å². The molecule has 23 heavy (non-hydrogen) atoms. The summed E-state index contributed by atoms with van der Waals surface area (Å²) in [6.45, 7) is 3.14. The van der Waals surface area contributed by atoms with Gasteiger partial charge in [-0.2, -0.15) is 0 Å². The standard InChI is InChI=1S/C19H17N3S/c1-2-22-10-9-14-12-13(5-7-16(14)22)15-6-8-18(20)21-19(15)17-4-3-11-23-17/h3-12H,2H2,1H3,(H2,20,21). The van der Waals surface area contributed by atoms with Gasteiger partial charge in [-0.3, -0.25) is 0 Å². The molecule has 0 bridgehead atoms. The Balaban J connectivity index is 1.91. The Bertz CT molecular complexity index is 968. The lowest BCUT2D eigenvalue weighted by Crippen LogP contribution is -1.94. The van der Waals surface area contributed by atoms with Crippen LogP contribution in [0.2, 0.25) is 0 Å². The van der Waals surface area contributed by atoms with Crippen LogP contribution < -0.4 is 5.73 Å². The van der Waals surface area contributed by atoms with E-state index in [4.69, 9.17) is 5.73 Å². The maximum absolute atomic E-state index is 5.91. The number of nitrogens with zero attached hydrogens (tertiary/aromatic N) is 2. The molecule has 0 atom stereocenters. The molecule has 0 saturated heterocycles. The van der Waals surface area contributed by atoms with Gasteiger partial charge in [0.05, 0.1) is 10.6 Å². The molecule has 3 heterocycles. The van der Waals surface area contributed by atoms with E-state index in [0.29, 0.717) is 5.82 Å². The Kier molecular flexibility index (Phi) is 3.39. The number of thiophene rings is 1. The highest BCUT2D eigenvalue weighted by Crippen LogP contribution is 2.35. The van der Waals surface area contributed by atoms with E-state index >= 15 is 0 Å². The first kappa shape index (κ1) is 14.0. The van der Waals surface area contributed by atoms with Gasteiger partial charge >= 0.3 is 0 Å². The van der Waals surface area contributed by atoms with Gasteiger partial charge in [0.1, 0.15) is 5.82 Å². The lowest BCUT2D eigenvalue weighted by atomic mass is 10.0. The number of rotatable bonds is 3. The monoisotopic (exact) mass is 319 g/mol. The Labute approximate surface area is 139 Å². The third-order valence-electron chi connectivity index (χ3n) is 4.09. The van der Waals surface area contributed by atoms with Gasteiger partial charge in [-0.1, -0.05) is 12.1 Å². The van der Waals surface area contributed by atoms with E-state index in [2.05, 4.69) is 64.4 Å². The van der Waals surface area contributed by atoms with Gasteiger partial charge in [0.25, 0.3) is 0 Å². The fourth-order valence-corrected chi connectivity index (χ4v) is 3.68. The van der Waals surface area contributed by atoms with Crippen molar-refractivity contribution < 1.29 is 0 Å². The van der Waals surface area contributed by atoms with Crippen molar-refractivity contribution in [2.75, 3.05) is 5.73 Å². The molecule has 0 spiro atoms. The highest BCUT2D eigenvalue weighted by molar-refractivity contribution is 7.13. The van der Waals surface area contributed by atoms with Crippen LogP contribution in [0, 0.1) is 0 Å². The van der Waals surface area contributed by atoms with Crippen LogP contribution in [0.1, 0.15) is 6.92 Å². The number of anilines is 1. The number of nitrogen functional groups attached to an aromatic ring is 1. The maximum Gasteiger partial charge on any atom is 0.124 e. The molecule has 3 nitrogen and oxygen atoms in total. The molecule has 3 aromatic heterocycles. The van der Waals surface area contributed by atoms with E-state index in [1.54, 1.807) is 11.3 Å². The summed E-state index contributed by atoms with van der Waals surface area (Å²) in [5.41, 5.74) is 10.4. The Morgan fingerprint density at radius 1 is 1.13 bits per heavy atom. The van der Waals surface area contributed by atoms with Gasteiger partial charge in [0.15, 0.2) is 0 Å². The molecular formula is C19H17N3S. The molecule has 0 fully saturated rings. The van der Waals surface area contributed by atoms with E-state index in [9.17, 15) is 0 Å². The zero-order chi connectivity index (χ0) is 15.8. The number of hydrogen-bond donors (Lipinski definition) is 1. The molecule has 1 aromatic carbocycles. The minimum Gasteiger partial charge on any atom is -0.384 e. The van der Waals surface area contributed by atoms with Crippen LogP contribution >= 0.6 is 11.3 Å². The zero-order valence-corrected chi connectivity index (χ0v) is 13.7. The van der Waals surface area contributed by atoms with Crippen molar-refractivity contribution in [1.29, 1.82) is 0 Å². The molecular weight excluding hydrogens is 302 g/mol. The topological polar surface area (TPSA) is 43.8 Å². The molecule has 0 radical (unpaired) electrons. The number of fused-ring (bicyclic) bond motifs is 1. The summed E-state index contributed by atoms with van der Waals surface area (Å²) in [6, 6.07) is 16.8. The molecule has 0 aliphatic carbocycles. The van der Waals surface area contributed by atoms with E-state index < -0.39 is 0 Å². The predicted octanol–water partition coefficient (Wildman–Crippen LogP) is 5.03. The van der Waals surface area contributed by atoms with Gasteiger partial charge in [-0.25, -0.2) is 4.98 Å². The number of hydrogen-bond acceptors (Lipinski definition) is 3. The quantitative estimate of drug-likeness (QED) is 0.575. The van der Waals surface area contributed by atoms with Crippen molar-refractivity contribution in [2.24, 2.45) is 0 Å². The van der Waals surface area contributed by atoms with Crippen LogP contribution in [0.25, 0.3) is 32.6 Å². The summed E-state index contributed by atoms with van der Waals surface area (Å²) in [4.78, 5) is 5.71. The number of benzene rings is 1. The summed E-state index contributed by atoms with van der Waals surface area (Å²) in [5.74, 6) is 0.551. The largest absolute Gasteiger partial charge is 0.384 e. The lowest BCUT2D eigenvalue weighted by Gasteiger charge is -2.09. The average molecular weight is 319 g/mol. The third-order valence-corrected chi connectivity index (χ3v) is 4.97. The SMILES string of the molecule is CCn1ccc2cc(-c3ccc(N)nc3-c3cccs3)ccc21. The second-order valence-electron chi connectivity index (χ2n) is 5.48. The first-order valence-electron chi connectivity index (χ1n) is 7.66. The van der Waals surface area contributed by atoms with Crippen molar-refractivity contribution in [3.8, 4) is 21.7 Å². The van der Waals surface area contributed by atoms with Crippen LogP contribution in [0.3, 0.4) is 0 Å². The van der Waals surface area contributed by atoms with Crippen molar-refractivity contribution in [3.63, 3.8) is 0 Å². The Morgan fingerprint density at radius 3 is 2.83 bits per heavy atom. The van der Waals surface area contributed by atoms with E-state index in [0.717, 1.165) is 22.7 Å². The molecule has 0 aliphatic rings. The average Bonchev–Trinajstić information content (AvgIpc) is 3.23. The van der Waals surface area contributed by atoms with Gasteiger partial charge in [-0.15, -0.1) is 11.3 Å². The number of nitrogens with two attached hydrogens (primary N) is 1. The number of pyridine rings is 1. The summed E-state index contributed by atoms with van der Waals surface area (Å²) >= 11 is 1.68. The molecule has 2 N–H and O–H groups in total. The van der Waals surface area contributed by atoms with Crippen LogP contribution in [0.4, 0.5) is 5.82 Å². The molecule has 114 valence electrons.